The maximum Gasteiger partial charge on any atom is 0.224 e. The number of para-hydroxylation sites is 1. The lowest BCUT2D eigenvalue weighted by molar-refractivity contribution is -0.120. The quantitative estimate of drug-likeness (QED) is 0.469. The maximum absolute atomic E-state index is 12.4. The number of carbonyl (C=O) groups is 1. The lowest BCUT2D eigenvalue weighted by atomic mass is 10.0. The summed E-state index contributed by atoms with van der Waals surface area (Å²) < 4.78 is 5.66. The highest BCUT2D eigenvalue weighted by molar-refractivity contribution is 6.08. The molecule has 0 fully saturated rings. The van der Waals surface area contributed by atoms with E-state index >= 15 is 0 Å². The van der Waals surface area contributed by atoms with Gasteiger partial charge < -0.3 is 15.1 Å². The number of carbonyl (C=O) groups excluding carboxylic acids is 1. The van der Waals surface area contributed by atoms with Gasteiger partial charge in [-0.2, -0.15) is 0 Å². The highest BCUT2D eigenvalue weighted by Gasteiger charge is 2.12. The Bertz CT molecular complexity index is 1050. The van der Waals surface area contributed by atoms with Crippen molar-refractivity contribution in [3.63, 3.8) is 0 Å². The molecule has 0 aliphatic heterocycles. The second kappa shape index (κ2) is 7.96. The third kappa shape index (κ3) is 3.95. The Morgan fingerprint density at radius 3 is 2.59 bits per heavy atom. The predicted octanol–water partition coefficient (Wildman–Crippen LogP) is 4.75. The first-order chi connectivity index (χ1) is 13.3. The van der Waals surface area contributed by atoms with Crippen LogP contribution in [-0.2, 0) is 11.2 Å². The van der Waals surface area contributed by atoms with Crippen LogP contribution in [0.1, 0.15) is 12.0 Å². The van der Waals surface area contributed by atoms with Crippen LogP contribution >= 0.6 is 0 Å². The Balaban J connectivity index is 1.34. The summed E-state index contributed by atoms with van der Waals surface area (Å²) in [6.45, 7) is 1.47. The second-order valence-electron chi connectivity index (χ2n) is 6.59. The lowest BCUT2D eigenvalue weighted by Crippen LogP contribution is -2.27. The first-order valence-electron chi connectivity index (χ1n) is 9.25. The SMILES string of the molecule is O=C(Cc1coc2ccc3ccccc3c12)NCCCNc1ccccc1. The zero-order valence-corrected chi connectivity index (χ0v) is 15.1. The predicted molar refractivity (Wildman–Crippen MR) is 110 cm³/mol. The van der Waals surface area contributed by atoms with Crippen LogP contribution in [0.3, 0.4) is 0 Å². The fourth-order valence-corrected chi connectivity index (χ4v) is 3.34. The summed E-state index contributed by atoms with van der Waals surface area (Å²) in [6.07, 6.45) is 2.90. The van der Waals surface area contributed by atoms with E-state index in [1.54, 1.807) is 6.26 Å². The molecule has 0 saturated heterocycles. The van der Waals surface area contributed by atoms with E-state index in [9.17, 15) is 4.79 Å². The molecule has 1 heterocycles. The molecule has 0 radical (unpaired) electrons. The molecule has 1 amide bonds. The van der Waals surface area contributed by atoms with Crippen molar-refractivity contribution in [1.29, 1.82) is 0 Å². The molecule has 0 aliphatic rings. The smallest absolute Gasteiger partial charge is 0.224 e. The van der Waals surface area contributed by atoms with Gasteiger partial charge in [-0.25, -0.2) is 0 Å². The van der Waals surface area contributed by atoms with Gasteiger partial charge in [0.1, 0.15) is 5.58 Å². The minimum atomic E-state index is 0.0188. The van der Waals surface area contributed by atoms with Crippen molar-refractivity contribution < 1.29 is 9.21 Å². The van der Waals surface area contributed by atoms with Gasteiger partial charge in [0.05, 0.1) is 12.7 Å². The molecule has 0 aliphatic carbocycles. The first-order valence-corrected chi connectivity index (χ1v) is 9.25. The van der Waals surface area contributed by atoms with Crippen LogP contribution in [0.2, 0.25) is 0 Å². The Kier molecular flexibility index (Phi) is 5.06. The average molecular weight is 358 g/mol. The van der Waals surface area contributed by atoms with Crippen LogP contribution in [0, 0.1) is 0 Å². The number of rotatable bonds is 7. The van der Waals surface area contributed by atoms with Crippen molar-refractivity contribution in [1.82, 2.24) is 5.32 Å². The van der Waals surface area contributed by atoms with Crippen molar-refractivity contribution in [2.45, 2.75) is 12.8 Å². The third-order valence-electron chi connectivity index (χ3n) is 4.67. The summed E-state index contributed by atoms with van der Waals surface area (Å²) in [5.41, 5.74) is 2.85. The van der Waals surface area contributed by atoms with E-state index in [1.165, 1.54) is 0 Å². The number of furan rings is 1. The molecule has 0 atom stereocenters. The van der Waals surface area contributed by atoms with Crippen LogP contribution < -0.4 is 10.6 Å². The van der Waals surface area contributed by atoms with Gasteiger partial charge in [-0.15, -0.1) is 0 Å². The molecule has 27 heavy (non-hydrogen) atoms. The topological polar surface area (TPSA) is 54.3 Å². The highest BCUT2D eigenvalue weighted by Crippen LogP contribution is 2.30. The highest BCUT2D eigenvalue weighted by atomic mass is 16.3. The monoisotopic (exact) mass is 358 g/mol. The van der Waals surface area contributed by atoms with Crippen molar-refractivity contribution in [2.75, 3.05) is 18.4 Å². The lowest BCUT2D eigenvalue weighted by Gasteiger charge is -2.07. The molecular weight excluding hydrogens is 336 g/mol. The summed E-state index contributed by atoms with van der Waals surface area (Å²) in [5.74, 6) is 0.0188. The van der Waals surface area contributed by atoms with E-state index in [1.807, 2.05) is 54.6 Å². The van der Waals surface area contributed by atoms with Gasteiger partial charge in [-0.3, -0.25) is 4.79 Å². The molecule has 136 valence electrons. The molecule has 0 saturated carbocycles. The number of hydrogen-bond acceptors (Lipinski definition) is 3. The number of fused-ring (bicyclic) bond motifs is 3. The van der Waals surface area contributed by atoms with E-state index in [4.69, 9.17) is 4.42 Å². The van der Waals surface area contributed by atoms with Gasteiger partial charge in [0, 0.05) is 29.7 Å². The number of benzene rings is 3. The Morgan fingerprint density at radius 1 is 0.889 bits per heavy atom. The van der Waals surface area contributed by atoms with E-state index in [0.717, 1.165) is 46.0 Å². The summed E-state index contributed by atoms with van der Waals surface area (Å²) in [7, 11) is 0. The minimum Gasteiger partial charge on any atom is -0.464 e. The van der Waals surface area contributed by atoms with Crippen molar-refractivity contribution in [2.24, 2.45) is 0 Å². The summed E-state index contributed by atoms with van der Waals surface area (Å²) in [6, 6.07) is 22.3. The summed E-state index contributed by atoms with van der Waals surface area (Å²) >= 11 is 0. The second-order valence-corrected chi connectivity index (χ2v) is 6.59. The van der Waals surface area contributed by atoms with Gasteiger partial charge in [0.25, 0.3) is 0 Å². The van der Waals surface area contributed by atoms with Crippen molar-refractivity contribution in [3.05, 3.63) is 78.6 Å². The van der Waals surface area contributed by atoms with Gasteiger partial charge in [-0.1, -0.05) is 48.5 Å². The van der Waals surface area contributed by atoms with Crippen LogP contribution in [0.25, 0.3) is 21.7 Å². The molecular formula is C23H22N2O2. The molecule has 3 aromatic carbocycles. The van der Waals surface area contributed by atoms with Crippen molar-refractivity contribution >= 4 is 33.3 Å². The molecule has 4 rings (SSSR count). The molecule has 4 aromatic rings. The van der Waals surface area contributed by atoms with E-state index in [0.29, 0.717) is 13.0 Å². The fraction of sp³-hybridized carbons (Fsp3) is 0.174. The largest absolute Gasteiger partial charge is 0.464 e. The van der Waals surface area contributed by atoms with Gasteiger partial charge in [-0.05, 0) is 35.4 Å². The summed E-state index contributed by atoms with van der Waals surface area (Å²) in [4.78, 5) is 12.4. The molecule has 0 spiro atoms. The number of nitrogens with one attached hydrogen (secondary N) is 2. The summed E-state index contributed by atoms with van der Waals surface area (Å²) in [5, 5.41) is 9.65. The van der Waals surface area contributed by atoms with Gasteiger partial charge in [0.15, 0.2) is 0 Å². The van der Waals surface area contributed by atoms with Gasteiger partial charge in [0.2, 0.25) is 5.91 Å². The number of anilines is 1. The van der Waals surface area contributed by atoms with Crippen LogP contribution in [0.15, 0.2) is 77.4 Å². The molecule has 4 nitrogen and oxygen atoms in total. The Morgan fingerprint density at radius 2 is 1.70 bits per heavy atom. The standard InChI is InChI=1S/C23H22N2O2/c26-22(25-14-6-13-24-19-8-2-1-3-9-19)15-18-16-27-21-12-11-17-7-4-5-10-20(17)23(18)21/h1-5,7-12,16,24H,6,13-15H2,(H,25,26). The molecule has 1 aromatic heterocycles. The van der Waals surface area contributed by atoms with E-state index < -0.39 is 0 Å². The molecule has 0 bridgehead atoms. The zero-order valence-electron chi connectivity index (χ0n) is 15.1. The molecule has 0 unspecified atom stereocenters. The number of hydrogen-bond donors (Lipinski definition) is 2. The minimum absolute atomic E-state index is 0.0188. The molecule has 2 N–H and O–H groups in total. The van der Waals surface area contributed by atoms with Crippen molar-refractivity contribution in [3.8, 4) is 0 Å². The van der Waals surface area contributed by atoms with E-state index in [-0.39, 0.29) is 5.91 Å². The number of amides is 1. The van der Waals surface area contributed by atoms with Gasteiger partial charge >= 0.3 is 0 Å². The third-order valence-corrected chi connectivity index (χ3v) is 4.67. The Hall–Kier alpha value is -3.27. The average Bonchev–Trinajstić information content (AvgIpc) is 3.12. The fourth-order valence-electron chi connectivity index (χ4n) is 3.34. The maximum atomic E-state index is 12.4. The Labute approximate surface area is 158 Å². The first kappa shape index (κ1) is 17.2. The van der Waals surface area contributed by atoms with E-state index in [2.05, 4.69) is 22.8 Å². The van der Waals surface area contributed by atoms with Crippen LogP contribution in [-0.4, -0.2) is 19.0 Å². The normalized spacial score (nSPS) is 11.0. The van der Waals surface area contributed by atoms with Crippen LogP contribution in [0.5, 0.6) is 0 Å². The van der Waals surface area contributed by atoms with Crippen LogP contribution in [0.4, 0.5) is 5.69 Å². The zero-order chi connectivity index (χ0) is 18.5. The molecule has 4 heteroatoms.